The van der Waals surface area contributed by atoms with Gasteiger partial charge in [0.05, 0.1) is 5.52 Å². The summed E-state index contributed by atoms with van der Waals surface area (Å²) in [7, 11) is 0. The second kappa shape index (κ2) is 5.63. The van der Waals surface area contributed by atoms with Crippen molar-refractivity contribution in [3.05, 3.63) is 24.5 Å². The normalized spacial score (nSPS) is 18.9. The van der Waals surface area contributed by atoms with E-state index in [1.165, 1.54) is 12.8 Å². The highest BCUT2D eigenvalue weighted by Gasteiger charge is 2.26. The Balaban J connectivity index is 1.96. The molecule has 3 N–H and O–H groups in total. The standard InChI is InChI=1S/C15H20N4O/c16-11-5-6-13-14(9-11)17-10-18-15(13)19-7-1-3-12(19)4-2-8-20/h5-6,9-10,12,20H,1-4,7-8,16H2. The van der Waals surface area contributed by atoms with Gasteiger partial charge in [0.25, 0.3) is 0 Å². The van der Waals surface area contributed by atoms with Crippen LogP contribution in [0.25, 0.3) is 10.9 Å². The number of anilines is 2. The lowest BCUT2D eigenvalue weighted by Crippen LogP contribution is -2.30. The molecular formula is C15H20N4O. The van der Waals surface area contributed by atoms with Crippen molar-refractivity contribution in [1.82, 2.24) is 9.97 Å². The number of hydrogen-bond acceptors (Lipinski definition) is 5. The summed E-state index contributed by atoms with van der Waals surface area (Å²) in [6, 6.07) is 6.26. The summed E-state index contributed by atoms with van der Waals surface area (Å²) in [6.07, 6.45) is 5.81. The molecule has 106 valence electrons. The second-order valence-electron chi connectivity index (χ2n) is 5.33. The number of aliphatic hydroxyl groups is 1. The minimum atomic E-state index is 0.255. The number of aliphatic hydroxyl groups excluding tert-OH is 1. The van der Waals surface area contributed by atoms with Crippen molar-refractivity contribution in [3.63, 3.8) is 0 Å². The molecule has 0 amide bonds. The Labute approximate surface area is 118 Å². The zero-order chi connectivity index (χ0) is 13.9. The molecule has 0 saturated carbocycles. The number of rotatable bonds is 4. The quantitative estimate of drug-likeness (QED) is 0.832. The van der Waals surface area contributed by atoms with Crippen LogP contribution in [0.1, 0.15) is 25.7 Å². The molecule has 1 atom stereocenters. The van der Waals surface area contributed by atoms with Crippen molar-refractivity contribution < 1.29 is 5.11 Å². The number of hydrogen-bond donors (Lipinski definition) is 2. The Morgan fingerprint density at radius 3 is 3.10 bits per heavy atom. The van der Waals surface area contributed by atoms with E-state index in [-0.39, 0.29) is 6.61 Å². The number of fused-ring (bicyclic) bond motifs is 1. The maximum atomic E-state index is 9.03. The zero-order valence-corrected chi connectivity index (χ0v) is 11.5. The number of nitrogens with zero attached hydrogens (tertiary/aromatic N) is 3. The Bertz CT molecular complexity index is 601. The van der Waals surface area contributed by atoms with E-state index >= 15 is 0 Å². The lowest BCUT2D eigenvalue weighted by atomic mass is 10.1. The molecule has 5 heteroatoms. The first-order valence-electron chi connectivity index (χ1n) is 7.17. The van der Waals surface area contributed by atoms with Gasteiger partial charge >= 0.3 is 0 Å². The van der Waals surface area contributed by atoms with Crippen LogP contribution in [0.15, 0.2) is 24.5 Å². The van der Waals surface area contributed by atoms with E-state index in [2.05, 4.69) is 14.9 Å². The largest absolute Gasteiger partial charge is 0.399 e. The van der Waals surface area contributed by atoms with Crippen molar-refractivity contribution >= 4 is 22.4 Å². The number of nitrogen functional groups attached to an aromatic ring is 1. The summed E-state index contributed by atoms with van der Waals surface area (Å²) in [4.78, 5) is 11.1. The van der Waals surface area contributed by atoms with Gasteiger partial charge in [0.1, 0.15) is 12.1 Å². The van der Waals surface area contributed by atoms with Crippen LogP contribution >= 0.6 is 0 Å². The highest BCUT2D eigenvalue weighted by molar-refractivity contribution is 5.91. The second-order valence-corrected chi connectivity index (χ2v) is 5.33. The summed E-state index contributed by atoms with van der Waals surface area (Å²) in [5.41, 5.74) is 7.43. The number of aromatic nitrogens is 2. The number of benzene rings is 1. The SMILES string of the molecule is Nc1ccc2c(N3CCCC3CCCO)ncnc2c1. The fourth-order valence-corrected chi connectivity index (χ4v) is 3.03. The van der Waals surface area contributed by atoms with E-state index in [1.54, 1.807) is 6.33 Å². The first-order chi connectivity index (χ1) is 9.79. The molecule has 0 radical (unpaired) electrons. The molecule has 20 heavy (non-hydrogen) atoms. The lowest BCUT2D eigenvalue weighted by Gasteiger charge is -2.26. The molecular weight excluding hydrogens is 252 g/mol. The number of nitrogens with two attached hydrogens (primary N) is 1. The van der Waals surface area contributed by atoms with Gasteiger partial charge < -0.3 is 15.7 Å². The van der Waals surface area contributed by atoms with Crippen molar-refractivity contribution in [3.8, 4) is 0 Å². The third kappa shape index (κ3) is 2.41. The first kappa shape index (κ1) is 13.1. The van der Waals surface area contributed by atoms with Crippen molar-refractivity contribution in [2.75, 3.05) is 23.8 Å². The van der Waals surface area contributed by atoms with Gasteiger partial charge in [-0.1, -0.05) is 0 Å². The van der Waals surface area contributed by atoms with Crippen LogP contribution in [0, 0.1) is 0 Å². The van der Waals surface area contributed by atoms with Gasteiger partial charge in [-0.15, -0.1) is 0 Å². The summed E-state index contributed by atoms with van der Waals surface area (Å²) in [6.45, 7) is 1.28. The molecule has 0 bridgehead atoms. The Hall–Kier alpha value is -1.88. The minimum absolute atomic E-state index is 0.255. The molecule has 3 rings (SSSR count). The smallest absolute Gasteiger partial charge is 0.140 e. The minimum Gasteiger partial charge on any atom is -0.399 e. The molecule has 2 aromatic rings. The first-order valence-corrected chi connectivity index (χ1v) is 7.17. The highest BCUT2D eigenvalue weighted by atomic mass is 16.2. The molecule has 1 aliphatic heterocycles. The Morgan fingerprint density at radius 1 is 1.35 bits per heavy atom. The average Bonchev–Trinajstić information content (AvgIpc) is 2.92. The van der Waals surface area contributed by atoms with Crippen LogP contribution in [0.2, 0.25) is 0 Å². The maximum absolute atomic E-state index is 9.03. The molecule has 2 heterocycles. The van der Waals surface area contributed by atoms with Crippen LogP contribution in [-0.2, 0) is 0 Å². The highest BCUT2D eigenvalue weighted by Crippen LogP contribution is 2.31. The summed E-state index contributed by atoms with van der Waals surface area (Å²) < 4.78 is 0. The van der Waals surface area contributed by atoms with Crippen molar-refractivity contribution in [2.24, 2.45) is 0 Å². The maximum Gasteiger partial charge on any atom is 0.140 e. The van der Waals surface area contributed by atoms with Gasteiger partial charge in [0, 0.05) is 30.3 Å². The Kier molecular flexibility index (Phi) is 3.69. The molecule has 0 aliphatic carbocycles. The van der Waals surface area contributed by atoms with Crippen molar-refractivity contribution in [2.45, 2.75) is 31.7 Å². The zero-order valence-electron chi connectivity index (χ0n) is 11.5. The molecule has 1 aliphatic rings. The van der Waals surface area contributed by atoms with Crippen molar-refractivity contribution in [1.29, 1.82) is 0 Å². The monoisotopic (exact) mass is 272 g/mol. The molecule has 5 nitrogen and oxygen atoms in total. The molecule has 1 aromatic carbocycles. The molecule has 1 unspecified atom stereocenters. The molecule has 1 saturated heterocycles. The van der Waals surface area contributed by atoms with E-state index in [0.717, 1.165) is 41.8 Å². The summed E-state index contributed by atoms with van der Waals surface area (Å²) in [5.74, 6) is 0.996. The van der Waals surface area contributed by atoms with Gasteiger partial charge in [0.2, 0.25) is 0 Å². The Morgan fingerprint density at radius 2 is 2.25 bits per heavy atom. The molecule has 1 aromatic heterocycles. The predicted octanol–water partition coefficient (Wildman–Crippen LogP) is 1.95. The fourth-order valence-electron chi connectivity index (χ4n) is 3.03. The van der Waals surface area contributed by atoms with Gasteiger partial charge in [-0.2, -0.15) is 0 Å². The molecule has 0 spiro atoms. The van der Waals surface area contributed by atoms with Crippen LogP contribution in [0.5, 0.6) is 0 Å². The van der Waals surface area contributed by atoms with Crippen LogP contribution in [0.3, 0.4) is 0 Å². The van der Waals surface area contributed by atoms with E-state index in [1.807, 2.05) is 18.2 Å². The van der Waals surface area contributed by atoms with Crippen LogP contribution < -0.4 is 10.6 Å². The third-order valence-electron chi connectivity index (χ3n) is 3.98. The van der Waals surface area contributed by atoms with Gasteiger partial charge in [-0.05, 0) is 43.9 Å². The van der Waals surface area contributed by atoms with E-state index in [4.69, 9.17) is 10.8 Å². The lowest BCUT2D eigenvalue weighted by molar-refractivity contribution is 0.279. The predicted molar refractivity (Wildman–Crippen MR) is 80.6 cm³/mol. The average molecular weight is 272 g/mol. The summed E-state index contributed by atoms with van der Waals surface area (Å²) in [5, 5.41) is 10.1. The van der Waals surface area contributed by atoms with E-state index in [0.29, 0.717) is 6.04 Å². The van der Waals surface area contributed by atoms with Gasteiger partial charge in [0.15, 0.2) is 0 Å². The van der Waals surface area contributed by atoms with Gasteiger partial charge in [-0.3, -0.25) is 0 Å². The summed E-state index contributed by atoms with van der Waals surface area (Å²) >= 11 is 0. The topological polar surface area (TPSA) is 75.3 Å². The van der Waals surface area contributed by atoms with E-state index < -0.39 is 0 Å². The fraction of sp³-hybridized carbons (Fsp3) is 0.467. The molecule has 1 fully saturated rings. The van der Waals surface area contributed by atoms with Crippen LogP contribution in [0.4, 0.5) is 11.5 Å². The van der Waals surface area contributed by atoms with E-state index in [9.17, 15) is 0 Å². The van der Waals surface area contributed by atoms with Gasteiger partial charge in [-0.25, -0.2) is 9.97 Å². The third-order valence-corrected chi connectivity index (χ3v) is 3.98. The van der Waals surface area contributed by atoms with Crippen LogP contribution in [-0.4, -0.2) is 34.3 Å².